The van der Waals surface area contributed by atoms with Crippen molar-refractivity contribution in [3.63, 3.8) is 0 Å². The number of hydrogen-bond donors (Lipinski definition) is 2. The quantitative estimate of drug-likeness (QED) is 0.262. The number of carbonyl (C=O) groups is 4. The highest BCUT2D eigenvalue weighted by Gasteiger charge is 2.68. The van der Waals surface area contributed by atoms with E-state index < -0.39 is 60.4 Å². The average molecular weight is 766 g/mol. The van der Waals surface area contributed by atoms with Gasteiger partial charge in [0, 0.05) is 26.1 Å². The van der Waals surface area contributed by atoms with Crippen LogP contribution in [0.3, 0.4) is 0 Å². The zero-order chi connectivity index (χ0) is 39.9. The van der Waals surface area contributed by atoms with Crippen molar-refractivity contribution in [2.24, 2.45) is 22.7 Å². The van der Waals surface area contributed by atoms with Crippen LogP contribution in [0.5, 0.6) is 0 Å². The molecule has 13 nitrogen and oxygen atoms in total. The third kappa shape index (κ3) is 8.37. The Morgan fingerprint density at radius 2 is 1.67 bits per heavy atom. The number of amides is 4. The summed E-state index contributed by atoms with van der Waals surface area (Å²) in [5, 5.41) is 6.03. The highest BCUT2D eigenvalue weighted by Crippen LogP contribution is 2.65. The Kier molecular flexibility index (Phi) is 12.2. The average Bonchev–Trinajstić information content (AvgIpc) is 3.86. The molecule has 3 aliphatic carbocycles. The second kappa shape index (κ2) is 16.2. The van der Waals surface area contributed by atoms with E-state index in [4.69, 9.17) is 18.8 Å². The van der Waals surface area contributed by atoms with Crippen molar-refractivity contribution in [3.8, 4) is 0 Å². The summed E-state index contributed by atoms with van der Waals surface area (Å²) in [6.45, 7) is 21.8. The van der Waals surface area contributed by atoms with Gasteiger partial charge >= 0.3 is 19.3 Å². The molecule has 55 heavy (non-hydrogen) atoms. The van der Waals surface area contributed by atoms with E-state index >= 15 is 0 Å². The first kappa shape index (κ1) is 41.3. The number of nitrogens with one attached hydrogen (secondary N) is 2. The van der Waals surface area contributed by atoms with E-state index in [9.17, 15) is 19.2 Å². The lowest BCUT2D eigenvalue weighted by Gasteiger charge is -2.64. The van der Waals surface area contributed by atoms with Gasteiger partial charge in [0.1, 0.15) is 24.8 Å². The van der Waals surface area contributed by atoms with Crippen molar-refractivity contribution in [2.75, 3.05) is 32.8 Å². The first-order valence-corrected chi connectivity index (χ1v) is 20.6. The van der Waals surface area contributed by atoms with Crippen LogP contribution in [-0.2, 0) is 41.5 Å². The maximum absolute atomic E-state index is 14.6. The molecule has 0 unspecified atom stereocenters. The molecule has 2 N–H and O–H groups in total. The van der Waals surface area contributed by atoms with Crippen molar-refractivity contribution >= 4 is 31.1 Å². The molecule has 2 saturated heterocycles. The van der Waals surface area contributed by atoms with Crippen LogP contribution in [0.15, 0.2) is 24.3 Å². The van der Waals surface area contributed by atoms with Gasteiger partial charge in [0.15, 0.2) is 0 Å². The topological polar surface area (TPSA) is 139 Å². The monoisotopic (exact) mass is 765 g/mol. The lowest BCUT2D eigenvalue weighted by Crippen LogP contribution is -2.65. The molecule has 0 spiro atoms. The first-order chi connectivity index (χ1) is 26.0. The molecule has 304 valence electrons. The zero-order valence-corrected chi connectivity index (χ0v) is 34.5. The van der Waals surface area contributed by atoms with Crippen LogP contribution in [0.4, 0.5) is 9.59 Å². The first-order valence-electron chi connectivity index (χ1n) is 20.6. The summed E-state index contributed by atoms with van der Waals surface area (Å²) in [7, 11) is -0.625. The number of hydrogen-bond acceptors (Lipinski definition) is 9. The summed E-state index contributed by atoms with van der Waals surface area (Å²) in [4.78, 5) is 60.9. The number of carbonyl (C=O) groups excluding carboxylic acids is 4. The summed E-state index contributed by atoms with van der Waals surface area (Å²) in [5.74, 6) is -0.293. The van der Waals surface area contributed by atoms with Gasteiger partial charge in [0.25, 0.3) is 0 Å². The smallest absolute Gasteiger partial charge is 0.448 e. The van der Waals surface area contributed by atoms with Crippen LogP contribution in [0.2, 0.25) is 0 Å². The molecule has 3 aliphatic heterocycles. The minimum atomic E-state index is -1.02. The van der Waals surface area contributed by atoms with E-state index in [0.717, 1.165) is 43.5 Å². The molecule has 2 bridgehead atoms. The van der Waals surface area contributed by atoms with Gasteiger partial charge < -0.3 is 39.2 Å². The lowest BCUT2D eigenvalue weighted by atomic mass is 9.43. The number of likely N-dealkylation sites (tertiary alicyclic amines) is 1. The minimum Gasteiger partial charge on any atom is -0.448 e. The molecule has 1 aromatic rings. The normalized spacial score (nSPS) is 28.9. The Hall–Kier alpha value is -3.36. The van der Waals surface area contributed by atoms with Gasteiger partial charge in [-0.05, 0) is 73.1 Å². The summed E-state index contributed by atoms with van der Waals surface area (Å²) >= 11 is 0. The van der Waals surface area contributed by atoms with Crippen molar-refractivity contribution in [3.05, 3.63) is 35.4 Å². The van der Waals surface area contributed by atoms with Gasteiger partial charge in [-0.2, -0.15) is 0 Å². The van der Waals surface area contributed by atoms with E-state index in [0.29, 0.717) is 37.9 Å². The van der Waals surface area contributed by atoms with Gasteiger partial charge in [0.05, 0.1) is 24.2 Å². The fourth-order valence-corrected chi connectivity index (χ4v) is 9.77. The molecular formula is C41H64BN5O8. The van der Waals surface area contributed by atoms with Crippen LogP contribution in [-0.4, -0.2) is 114 Å². The standard InChI is InChI=1S/C41H64BN5O8/c1-10-15-33(42-54-32-21-28-20-31(40(28,7)8)41(32,9)55-42)43-35(48)30-22-29(53-38(51)46-23-26-16-13-14-17-27(26)24-46)25-47(30)36(49)34(39(4,5)6)44-37(50)52-19-18-45(11-2)12-3/h13-14,16-17,28-34H,10-12,15,18-25H2,1-9H3,(H,43,48)(H,44,50)/t28-,29+,30-,31-,32+,33-,34+,41-/m0/s1. The van der Waals surface area contributed by atoms with E-state index in [1.165, 1.54) is 4.90 Å². The summed E-state index contributed by atoms with van der Waals surface area (Å²) in [6, 6.07) is 5.91. The zero-order valence-electron chi connectivity index (χ0n) is 34.5. The van der Waals surface area contributed by atoms with Crippen LogP contribution >= 0.6 is 0 Å². The van der Waals surface area contributed by atoms with Gasteiger partial charge in [-0.15, -0.1) is 0 Å². The second-order valence-corrected chi connectivity index (χ2v) is 18.2. The predicted molar refractivity (Wildman–Crippen MR) is 209 cm³/mol. The van der Waals surface area contributed by atoms with E-state index in [1.54, 1.807) is 4.90 Å². The molecule has 0 aromatic heterocycles. The number of benzene rings is 1. The van der Waals surface area contributed by atoms with Crippen molar-refractivity contribution in [2.45, 2.75) is 143 Å². The van der Waals surface area contributed by atoms with Crippen LogP contribution in [0.25, 0.3) is 0 Å². The number of likely N-dealkylation sites (N-methyl/N-ethyl adjacent to an activating group) is 1. The highest BCUT2D eigenvalue weighted by atomic mass is 16.7. The Morgan fingerprint density at radius 1 is 1.00 bits per heavy atom. The SMILES string of the molecule is CCC[C@H](NC(=O)[C@@H]1C[C@@H](OC(=O)N2Cc3ccccc3C2)CN1C(=O)[C@@H](NC(=O)OCCN(CC)CC)C(C)(C)C)B1O[C@@H]2C[C@@H]3C[C@@H](C3(C)C)[C@]2(C)O1. The number of alkyl carbamates (subject to hydrolysis) is 1. The summed E-state index contributed by atoms with van der Waals surface area (Å²) in [5.41, 5.74) is 1.14. The number of nitrogens with zero attached hydrogens (tertiary/aromatic N) is 3. The van der Waals surface area contributed by atoms with Crippen molar-refractivity contribution in [1.29, 1.82) is 0 Å². The largest absolute Gasteiger partial charge is 0.481 e. The number of ether oxygens (including phenoxy) is 2. The molecular weight excluding hydrogens is 701 g/mol. The molecule has 4 amide bonds. The third-order valence-corrected chi connectivity index (χ3v) is 13.3. The highest BCUT2D eigenvalue weighted by molar-refractivity contribution is 6.48. The van der Waals surface area contributed by atoms with E-state index in [-0.39, 0.29) is 37.0 Å². The van der Waals surface area contributed by atoms with Crippen LogP contribution in [0.1, 0.15) is 106 Å². The molecule has 5 fully saturated rings. The van der Waals surface area contributed by atoms with Gasteiger partial charge in [-0.25, -0.2) is 9.59 Å². The van der Waals surface area contributed by atoms with Gasteiger partial charge in [-0.1, -0.05) is 86.1 Å². The molecule has 1 aromatic carbocycles. The second-order valence-electron chi connectivity index (χ2n) is 18.2. The Morgan fingerprint density at radius 3 is 2.27 bits per heavy atom. The fourth-order valence-electron chi connectivity index (χ4n) is 9.77. The molecule has 3 heterocycles. The molecule has 14 heteroatoms. The van der Waals surface area contributed by atoms with Crippen molar-refractivity contribution < 1.29 is 38.0 Å². The maximum atomic E-state index is 14.6. The summed E-state index contributed by atoms with van der Waals surface area (Å²) < 4.78 is 24.9. The van der Waals surface area contributed by atoms with Gasteiger partial charge in [-0.3, -0.25) is 14.5 Å². The summed E-state index contributed by atoms with van der Waals surface area (Å²) in [6.07, 6.45) is 1.59. The van der Waals surface area contributed by atoms with E-state index in [2.05, 4.69) is 43.2 Å². The minimum absolute atomic E-state index is 0.00187. The van der Waals surface area contributed by atoms with Crippen molar-refractivity contribution in [1.82, 2.24) is 25.3 Å². The Labute approximate surface area is 328 Å². The molecule has 0 radical (unpaired) electrons. The predicted octanol–water partition coefficient (Wildman–Crippen LogP) is 5.14. The number of rotatable bonds is 13. The van der Waals surface area contributed by atoms with E-state index in [1.807, 2.05) is 58.9 Å². The molecule has 3 saturated carbocycles. The molecule has 8 atom stereocenters. The maximum Gasteiger partial charge on any atom is 0.481 e. The number of fused-ring (bicyclic) bond motifs is 1. The molecule has 7 rings (SSSR count). The third-order valence-electron chi connectivity index (χ3n) is 13.3. The van der Waals surface area contributed by atoms with Crippen LogP contribution < -0.4 is 10.6 Å². The Bertz CT molecular complexity index is 1560. The van der Waals surface area contributed by atoms with Crippen LogP contribution in [0, 0.1) is 22.7 Å². The lowest BCUT2D eigenvalue weighted by molar-refractivity contribution is -0.199. The Balaban J connectivity index is 1.18. The fraction of sp³-hybridized carbons (Fsp3) is 0.756. The van der Waals surface area contributed by atoms with Gasteiger partial charge in [0.2, 0.25) is 11.8 Å². The molecule has 6 aliphatic rings.